The first-order chi connectivity index (χ1) is 3.93. The van der Waals surface area contributed by atoms with Crippen LogP contribution in [0.2, 0.25) is 0 Å². The van der Waals surface area contributed by atoms with Crippen LogP contribution >= 0.6 is 0 Å². The van der Waals surface area contributed by atoms with Gasteiger partial charge in [0.25, 0.3) is 0 Å². The molecule has 46 valence electrons. The van der Waals surface area contributed by atoms with Gasteiger partial charge in [-0.3, -0.25) is 0 Å². The summed E-state index contributed by atoms with van der Waals surface area (Å²) in [5.74, 6) is 1.72. The lowest BCUT2D eigenvalue weighted by Crippen LogP contribution is -2.17. The Morgan fingerprint density at radius 2 is 2.00 bits per heavy atom. The monoisotopic (exact) mass is 113 g/mol. The molecule has 1 N–H and O–H groups in total. The highest BCUT2D eigenvalue weighted by Crippen LogP contribution is 2.43. The van der Waals surface area contributed by atoms with Gasteiger partial charge in [0.05, 0.1) is 6.10 Å². The normalized spacial score (nSPS) is 51.4. The molecular weight excluding hydrogens is 102 g/mol. The molecule has 1 aliphatic heterocycles. The lowest BCUT2D eigenvalue weighted by atomic mass is 10.4. The van der Waals surface area contributed by atoms with Crippen molar-refractivity contribution in [2.24, 2.45) is 11.8 Å². The summed E-state index contributed by atoms with van der Waals surface area (Å²) in [6.07, 6.45) is 0.608. The van der Waals surface area contributed by atoms with Gasteiger partial charge in [-0.05, 0) is 0 Å². The van der Waals surface area contributed by atoms with Gasteiger partial charge < -0.3 is 10.1 Å². The van der Waals surface area contributed by atoms with Crippen LogP contribution in [0.3, 0.4) is 0 Å². The minimum absolute atomic E-state index is 0.608. The van der Waals surface area contributed by atoms with Crippen LogP contribution < -0.4 is 5.32 Å². The van der Waals surface area contributed by atoms with Crippen LogP contribution in [0.1, 0.15) is 0 Å². The van der Waals surface area contributed by atoms with Crippen LogP contribution in [0.25, 0.3) is 0 Å². The highest BCUT2D eigenvalue weighted by molar-refractivity contribution is 5.05. The Hall–Kier alpha value is -0.0800. The fourth-order valence-electron chi connectivity index (χ4n) is 1.71. The molecule has 2 nitrogen and oxygen atoms in total. The van der Waals surface area contributed by atoms with E-state index in [1.165, 1.54) is 13.1 Å². The Bertz CT molecular complexity index is 87.9. The number of nitrogens with one attached hydrogen (secondary N) is 1. The van der Waals surface area contributed by atoms with Gasteiger partial charge in [-0.25, -0.2) is 0 Å². The molecule has 1 aliphatic carbocycles. The summed E-state index contributed by atoms with van der Waals surface area (Å²) in [7, 11) is 1.81. The van der Waals surface area contributed by atoms with Crippen molar-refractivity contribution in [2.75, 3.05) is 20.2 Å². The molecule has 0 radical (unpaired) electrons. The van der Waals surface area contributed by atoms with Crippen molar-refractivity contribution in [3.63, 3.8) is 0 Å². The van der Waals surface area contributed by atoms with E-state index in [9.17, 15) is 0 Å². The number of rotatable bonds is 1. The van der Waals surface area contributed by atoms with Gasteiger partial charge in [0.1, 0.15) is 0 Å². The summed E-state index contributed by atoms with van der Waals surface area (Å²) >= 11 is 0. The Kier molecular flexibility index (Phi) is 0.866. The average Bonchev–Trinajstić information content (AvgIpc) is 2.22. The standard InChI is InChI=1S/C6H11NO/c1-8-6-4-2-7-3-5(4)6/h4-7H,2-3H2,1H3. The van der Waals surface area contributed by atoms with Gasteiger partial charge in [0, 0.05) is 32.0 Å². The highest BCUT2D eigenvalue weighted by atomic mass is 16.5. The minimum atomic E-state index is 0.608. The van der Waals surface area contributed by atoms with Crippen LogP contribution in [0, 0.1) is 11.8 Å². The maximum Gasteiger partial charge on any atom is 0.0660 e. The molecule has 2 aliphatic rings. The van der Waals surface area contributed by atoms with Crippen molar-refractivity contribution < 1.29 is 4.74 Å². The van der Waals surface area contributed by atoms with Crippen LogP contribution in [-0.4, -0.2) is 26.3 Å². The van der Waals surface area contributed by atoms with E-state index in [1.54, 1.807) is 0 Å². The molecule has 2 unspecified atom stereocenters. The molecule has 2 atom stereocenters. The minimum Gasteiger partial charge on any atom is -0.381 e. The number of methoxy groups -OCH3 is 1. The molecule has 0 aromatic rings. The second-order valence-electron chi connectivity index (χ2n) is 2.69. The molecule has 0 aromatic carbocycles. The van der Waals surface area contributed by atoms with E-state index >= 15 is 0 Å². The van der Waals surface area contributed by atoms with Gasteiger partial charge in [-0.1, -0.05) is 0 Å². The van der Waals surface area contributed by atoms with E-state index in [2.05, 4.69) is 5.32 Å². The molecule has 2 fully saturated rings. The summed E-state index contributed by atoms with van der Waals surface area (Å²) in [5, 5.41) is 3.31. The SMILES string of the molecule is COC1C2CNCC21. The lowest BCUT2D eigenvalue weighted by Gasteiger charge is -1.99. The fourth-order valence-corrected chi connectivity index (χ4v) is 1.71. The Labute approximate surface area is 49.2 Å². The van der Waals surface area contributed by atoms with Crippen LogP contribution in [0.4, 0.5) is 0 Å². The van der Waals surface area contributed by atoms with Gasteiger partial charge in [0.2, 0.25) is 0 Å². The highest BCUT2D eigenvalue weighted by Gasteiger charge is 2.53. The summed E-state index contributed by atoms with van der Waals surface area (Å²) in [6, 6.07) is 0. The summed E-state index contributed by atoms with van der Waals surface area (Å²) < 4.78 is 5.19. The van der Waals surface area contributed by atoms with Crippen molar-refractivity contribution in [3.05, 3.63) is 0 Å². The number of piperidine rings is 1. The first kappa shape index (κ1) is 4.77. The largest absolute Gasteiger partial charge is 0.381 e. The van der Waals surface area contributed by atoms with Crippen molar-refractivity contribution >= 4 is 0 Å². The quantitative estimate of drug-likeness (QED) is 0.510. The molecule has 0 bridgehead atoms. The van der Waals surface area contributed by atoms with Crippen LogP contribution in [0.15, 0.2) is 0 Å². The number of hydrogen-bond acceptors (Lipinski definition) is 2. The summed E-state index contributed by atoms with van der Waals surface area (Å²) in [5.41, 5.74) is 0. The second kappa shape index (κ2) is 1.45. The van der Waals surface area contributed by atoms with Gasteiger partial charge >= 0.3 is 0 Å². The maximum atomic E-state index is 5.19. The van der Waals surface area contributed by atoms with E-state index in [0.29, 0.717) is 6.10 Å². The third-order valence-electron chi connectivity index (χ3n) is 2.29. The second-order valence-corrected chi connectivity index (χ2v) is 2.69. The average molecular weight is 113 g/mol. The topological polar surface area (TPSA) is 21.3 Å². The zero-order valence-electron chi connectivity index (χ0n) is 5.05. The molecule has 2 heteroatoms. The van der Waals surface area contributed by atoms with Crippen LogP contribution in [-0.2, 0) is 4.74 Å². The molecule has 1 saturated carbocycles. The zero-order chi connectivity index (χ0) is 5.56. The molecule has 0 amide bonds. The molecule has 8 heavy (non-hydrogen) atoms. The molecule has 0 aromatic heterocycles. The van der Waals surface area contributed by atoms with E-state index in [1.807, 2.05) is 7.11 Å². The number of ether oxygens (including phenoxy) is 1. The van der Waals surface area contributed by atoms with Crippen molar-refractivity contribution in [3.8, 4) is 0 Å². The van der Waals surface area contributed by atoms with E-state index in [0.717, 1.165) is 11.8 Å². The van der Waals surface area contributed by atoms with E-state index in [4.69, 9.17) is 4.74 Å². The fraction of sp³-hybridized carbons (Fsp3) is 1.00. The van der Waals surface area contributed by atoms with Crippen LogP contribution in [0.5, 0.6) is 0 Å². The maximum absolute atomic E-state index is 5.19. The third-order valence-corrected chi connectivity index (χ3v) is 2.29. The first-order valence-corrected chi connectivity index (χ1v) is 3.17. The lowest BCUT2D eigenvalue weighted by molar-refractivity contribution is 0.153. The van der Waals surface area contributed by atoms with Gasteiger partial charge in [-0.15, -0.1) is 0 Å². The smallest absolute Gasteiger partial charge is 0.0660 e. The number of hydrogen-bond donors (Lipinski definition) is 1. The Morgan fingerprint density at radius 3 is 2.38 bits per heavy atom. The Morgan fingerprint density at radius 1 is 1.38 bits per heavy atom. The molecule has 2 rings (SSSR count). The predicted molar refractivity (Wildman–Crippen MR) is 30.6 cm³/mol. The van der Waals surface area contributed by atoms with Gasteiger partial charge in [-0.2, -0.15) is 0 Å². The van der Waals surface area contributed by atoms with Crippen molar-refractivity contribution in [1.82, 2.24) is 5.32 Å². The molecule has 1 heterocycles. The summed E-state index contributed by atoms with van der Waals surface area (Å²) in [6.45, 7) is 2.37. The van der Waals surface area contributed by atoms with Crippen molar-refractivity contribution in [1.29, 1.82) is 0 Å². The zero-order valence-corrected chi connectivity index (χ0v) is 5.05. The Balaban J connectivity index is 1.94. The first-order valence-electron chi connectivity index (χ1n) is 3.17. The number of fused-ring (bicyclic) bond motifs is 1. The predicted octanol–water partition coefficient (Wildman–Crippen LogP) is -0.149. The van der Waals surface area contributed by atoms with E-state index in [-0.39, 0.29) is 0 Å². The molecule has 0 spiro atoms. The van der Waals surface area contributed by atoms with Gasteiger partial charge in [0.15, 0.2) is 0 Å². The summed E-state index contributed by atoms with van der Waals surface area (Å²) in [4.78, 5) is 0. The van der Waals surface area contributed by atoms with E-state index < -0.39 is 0 Å². The van der Waals surface area contributed by atoms with Crippen molar-refractivity contribution in [2.45, 2.75) is 6.10 Å². The molecular formula is C6H11NO. The third kappa shape index (κ3) is 0.446. The molecule has 1 saturated heterocycles.